The molecule has 0 unspecified atom stereocenters. The fourth-order valence-corrected chi connectivity index (χ4v) is 14.2. The third kappa shape index (κ3) is 24.9. The normalized spacial score (nSPS) is 17.6. The third-order valence-corrected chi connectivity index (χ3v) is 18.8. The van der Waals surface area contributed by atoms with E-state index in [1.807, 2.05) is 48.5 Å². The zero-order valence-electron chi connectivity index (χ0n) is 49.5. The molecule has 15 heteroatoms. The number of aliphatic hydroxyl groups is 1. The number of anilines is 1. The van der Waals surface area contributed by atoms with Crippen molar-refractivity contribution in [1.82, 2.24) is 9.80 Å². The molecular formula is C66H92N4O9Sn2. The number of benzene rings is 4. The number of rotatable bonds is 22. The molecule has 4 aromatic rings. The molecule has 2 N–H and O–H groups in total. The number of imide groups is 2. The zero-order valence-corrected chi connectivity index (χ0v) is 55.2. The number of ether oxygens (including phenoxy) is 1. The Bertz CT molecular complexity index is 2420. The van der Waals surface area contributed by atoms with Gasteiger partial charge in [0.15, 0.2) is 0 Å². The molecule has 5 amide bonds. The van der Waals surface area contributed by atoms with Gasteiger partial charge in [-0.05, 0) is 137 Å². The van der Waals surface area contributed by atoms with Crippen LogP contribution in [0, 0.1) is 0 Å². The van der Waals surface area contributed by atoms with Crippen LogP contribution in [0.3, 0.4) is 0 Å². The molecule has 4 aromatic carbocycles. The second-order valence-corrected chi connectivity index (χ2v) is 25.4. The van der Waals surface area contributed by atoms with Crippen LogP contribution in [0.15, 0.2) is 102 Å². The van der Waals surface area contributed by atoms with Gasteiger partial charge >= 0.3 is 101 Å². The van der Waals surface area contributed by atoms with E-state index in [1.54, 1.807) is 57.4 Å². The second-order valence-electron chi connectivity index (χ2n) is 21.1. The Morgan fingerprint density at radius 2 is 0.914 bits per heavy atom. The molecule has 2 aliphatic heterocycles. The van der Waals surface area contributed by atoms with Gasteiger partial charge in [0.05, 0.1) is 34.0 Å². The van der Waals surface area contributed by atoms with E-state index < -0.39 is 6.09 Å². The number of nitrogens with one attached hydrogen (secondary N) is 1. The Hall–Kier alpha value is -4.83. The van der Waals surface area contributed by atoms with Crippen molar-refractivity contribution in [2.24, 2.45) is 4.99 Å². The Kier molecular flexibility index (Phi) is 36.6. The van der Waals surface area contributed by atoms with Crippen LogP contribution in [0.1, 0.15) is 235 Å². The molecule has 0 atom stereocenters. The number of amides is 5. The first-order valence-corrected chi connectivity index (χ1v) is 35.4. The van der Waals surface area contributed by atoms with Crippen molar-refractivity contribution in [3.63, 3.8) is 0 Å². The number of carbonyl (C=O) groups is 5. The number of fused-ring (bicyclic) bond motifs is 2. The van der Waals surface area contributed by atoms with Gasteiger partial charge in [-0.25, -0.2) is 9.59 Å². The van der Waals surface area contributed by atoms with Gasteiger partial charge in [-0.2, -0.15) is 4.99 Å². The number of carbonyl (C=O) groups excluding carboxylic acids is 6. The summed E-state index contributed by atoms with van der Waals surface area (Å²) >= 11 is 0.449. The number of hydrogen-bond donors (Lipinski definition) is 2. The number of aliphatic imine (C=N–C) groups is 1. The summed E-state index contributed by atoms with van der Waals surface area (Å²) < 4.78 is 17.2. The molecule has 13 nitrogen and oxygen atoms in total. The zero-order chi connectivity index (χ0) is 59.2. The quantitative estimate of drug-likeness (QED) is 0.0255. The van der Waals surface area contributed by atoms with Crippen molar-refractivity contribution in [1.29, 1.82) is 0 Å². The molecule has 8 rings (SSSR count). The molecule has 0 saturated heterocycles. The van der Waals surface area contributed by atoms with Crippen LogP contribution in [-0.2, 0) is 25.4 Å². The van der Waals surface area contributed by atoms with Crippen LogP contribution in [0.4, 0.5) is 16.2 Å². The maximum atomic E-state index is 12.7. The Morgan fingerprint density at radius 3 is 1.28 bits per heavy atom. The Balaban J connectivity index is 0.000000292. The van der Waals surface area contributed by atoms with Gasteiger partial charge in [-0.3, -0.25) is 34.3 Å². The average molecular weight is 1320 g/mol. The molecule has 2 aliphatic carbocycles. The fourth-order valence-electron chi connectivity index (χ4n) is 10.0. The number of nitrogens with zero attached hydrogens (tertiary/aromatic N) is 3. The average Bonchev–Trinajstić information content (AvgIpc) is 4.01. The molecule has 438 valence electrons. The third-order valence-electron chi connectivity index (χ3n) is 14.8. The Labute approximate surface area is 508 Å². The monoisotopic (exact) mass is 1320 g/mol. The fraction of sp³-hybridized carbons (Fsp3) is 0.545. The summed E-state index contributed by atoms with van der Waals surface area (Å²) in [5, 5.41) is 12.3. The number of hydrogen-bond acceptors (Lipinski definition) is 10. The summed E-state index contributed by atoms with van der Waals surface area (Å²) in [4.78, 5) is 78.3. The molecule has 2 saturated carbocycles. The van der Waals surface area contributed by atoms with E-state index in [0.29, 0.717) is 108 Å². The van der Waals surface area contributed by atoms with E-state index in [1.165, 1.54) is 104 Å². The predicted octanol–water partition coefficient (Wildman–Crippen LogP) is 15.8. The summed E-state index contributed by atoms with van der Waals surface area (Å²) in [5.41, 5.74) is 5.92. The van der Waals surface area contributed by atoms with Crippen LogP contribution < -0.4 is 5.32 Å². The first-order valence-electron chi connectivity index (χ1n) is 30.2. The molecule has 4 aliphatic rings. The van der Waals surface area contributed by atoms with Crippen molar-refractivity contribution in [2.75, 3.05) is 5.32 Å². The summed E-state index contributed by atoms with van der Waals surface area (Å²) in [6.45, 7) is 13.4. The van der Waals surface area contributed by atoms with Gasteiger partial charge in [-0.1, -0.05) is 128 Å². The van der Waals surface area contributed by atoms with Crippen molar-refractivity contribution >= 4 is 90.8 Å². The summed E-state index contributed by atoms with van der Waals surface area (Å²) in [6, 6.07) is 29.2. The van der Waals surface area contributed by atoms with Crippen LogP contribution in [0.2, 0.25) is 8.87 Å². The van der Waals surface area contributed by atoms with Crippen LogP contribution in [-0.4, -0.2) is 119 Å². The first kappa shape index (κ1) is 70.4. The Morgan fingerprint density at radius 1 is 0.543 bits per heavy atom. The van der Waals surface area contributed by atoms with E-state index in [0.717, 1.165) is 25.7 Å². The van der Waals surface area contributed by atoms with Crippen LogP contribution in [0.25, 0.3) is 0 Å². The second kappa shape index (κ2) is 42.0. The van der Waals surface area contributed by atoms with E-state index in [4.69, 9.17) is 7.81 Å². The van der Waals surface area contributed by atoms with Gasteiger partial charge in [-0.15, -0.1) is 0 Å². The van der Waals surface area contributed by atoms with E-state index in [-0.39, 0.29) is 69.1 Å². The molecule has 4 radical (unpaired) electrons. The summed E-state index contributed by atoms with van der Waals surface area (Å²) in [7, 11) is 0. The molecule has 2 fully saturated rings. The topological polar surface area (TPSA) is 180 Å². The van der Waals surface area contributed by atoms with E-state index >= 15 is 0 Å². The van der Waals surface area contributed by atoms with Gasteiger partial charge in [0.1, 0.15) is 6.10 Å². The van der Waals surface area contributed by atoms with E-state index in [9.17, 15) is 33.9 Å². The standard InChI is InChI=1S/C25H28N2O4.C14H15NO3.C11H13NO.C8H18.2C4H9.O.2Sn/c1-2-3-6-17-9-11-18(12-10-17)26-25(30)31-20-15-13-19(14-16-20)27-23(28)21-7-4-5-8-22(21)24(27)29;16-10-7-5-9(6-8-10)15-13(17)11-3-1-2-4-12(11)14(15)18;1-2-3-4-10-5-7-11(8-6-10)12-9-13;1-3-5-7-8-6-4-2;2*1-3-4-2;;;/h4-5,7-12,19-20H,2-3,6,13-16H2,1H3,(H,26,30);1-4,9-10,16H,5-8H2;5-8H,2-4H2,1H3;3-8H2,1-2H3;2*1,3-4H2,2H3;;;. The summed E-state index contributed by atoms with van der Waals surface area (Å²) in [6.07, 6.45) is 27.0. The first-order chi connectivity index (χ1) is 39.4. The van der Waals surface area contributed by atoms with E-state index in [2.05, 4.69) is 51.9 Å². The van der Waals surface area contributed by atoms with Crippen LogP contribution in [0.5, 0.6) is 0 Å². The van der Waals surface area contributed by atoms with Gasteiger partial charge < -0.3 is 9.84 Å². The van der Waals surface area contributed by atoms with Crippen molar-refractivity contribution in [2.45, 2.75) is 229 Å². The number of isocyanates is 1. The SMILES string of the molecule is CCCCCCCC.CCCCc1ccc(N=C=O)cc1.CCCCc1ccc(NC(=O)OC2CCC(N3C(=O)c4ccccc4C3=O)CC2)cc1.CCC[CH2][Sn][CH2]CCC.O=C1c2ccccc2C(=O)N1C1CCC(O)CC1.[O]=[Sn]. The molecule has 2 heterocycles. The van der Waals surface area contributed by atoms with Crippen LogP contribution >= 0.6 is 0 Å². The van der Waals surface area contributed by atoms with Gasteiger partial charge in [0.25, 0.3) is 23.6 Å². The van der Waals surface area contributed by atoms with Crippen molar-refractivity contribution in [3.05, 3.63) is 130 Å². The molecule has 0 spiro atoms. The molecule has 0 aromatic heterocycles. The number of aliphatic hydroxyl groups excluding tert-OH is 1. The van der Waals surface area contributed by atoms with Gasteiger partial charge in [0.2, 0.25) is 6.08 Å². The summed E-state index contributed by atoms with van der Waals surface area (Å²) in [5.74, 6) is -0.802. The maximum absolute atomic E-state index is 12.7. The molecule has 0 bridgehead atoms. The van der Waals surface area contributed by atoms with Gasteiger partial charge in [0, 0.05) is 17.8 Å². The van der Waals surface area contributed by atoms with Crippen molar-refractivity contribution < 1.29 is 41.7 Å². The number of unbranched alkanes of at least 4 members (excludes halogenated alkanes) is 9. The van der Waals surface area contributed by atoms with Crippen molar-refractivity contribution in [3.8, 4) is 0 Å². The minimum atomic E-state index is -0.467. The molecular weight excluding hydrogens is 1230 g/mol. The molecule has 81 heavy (non-hydrogen) atoms. The minimum absolute atomic E-state index is 0.0548. The number of aryl methyl sites for hydroxylation is 2. The predicted molar refractivity (Wildman–Crippen MR) is 327 cm³/mol.